The summed E-state index contributed by atoms with van der Waals surface area (Å²) < 4.78 is 6.19. The van der Waals surface area contributed by atoms with Gasteiger partial charge in [-0.3, -0.25) is 0 Å². The molecule has 0 spiro atoms. The van der Waals surface area contributed by atoms with E-state index in [1.54, 1.807) is 0 Å². The SMILES string of the molecule is c1ccc(-c2[nH]c3ccccc3c2C2Nc3ccccc3O2)cc1. The smallest absolute Gasteiger partial charge is 0.199 e. The highest BCUT2D eigenvalue weighted by Gasteiger charge is 2.28. The van der Waals surface area contributed by atoms with Gasteiger partial charge < -0.3 is 15.0 Å². The van der Waals surface area contributed by atoms with Crippen LogP contribution < -0.4 is 10.1 Å². The van der Waals surface area contributed by atoms with Crippen LogP contribution >= 0.6 is 0 Å². The molecule has 3 heteroatoms. The highest BCUT2D eigenvalue weighted by molar-refractivity contribution is 5.92. The van der Waals surface area contributed by atoms with Crippen LogP contribution in [-0.4, -0.2) is 4.98 Å². The summed E-state index contributed by atoms with van der Waals surface area (Å²) in [6.45, 7) is 0. The quantitative estimate of drug-likeness (QED) is 0.524. The maximum absolute atomic E-state index is 6.19. The molecule has 0 saturated carbocycles. The molecule has 4 aromatic rings. The molecule has 2 heterocycles. The van der Waals surface area contributed by atoms with Crippen LogP contribution in [0.3, 0.4) is 0 Å². The fraction of sp³-hybridized carbons (Fsp3) is 0.0476. The third-order valence-electron chi connectivity index (χ3n) is 4.49. The van der Waals surface area contributed by atoms with Crippen molar-refractivity contribution in [3.63, 3.8) is 0 Å². The van der Waals surface area contributed by atoms with Crippen LogP contribution in [0.2, 0.25) is 0 Å². The molecule has 1 atom stereocenters. The number of para-hydroxylation sites is 3. The molecular formula is C21H16N2O. The molecule has 116 valence electrons. The summed E-state index contributed by atoms with van der Waals surface area (Å²) in [4.78, 5) is 3.56. The maximum Gasteiger partial charge on any atom is 0.199 e. The van der Waals surface area contributed by atoms with Gasteiger partial charge in [-0.1, -0.05) is 60.7 Å². The standard InChI is InChI=1S/C21H16N2O/c1-2-8-14(9-3-1)20-19(15-10-4-5-11-16(15)22-20)21-23-17-12-6-7-13-18(17)24-21/h1-13,21-23H. The van der Waals surface area contributed by atoms with Gasteiger partial charge in [0.15, 0.2) is 6.23 Å². The van der Waals surface area contributed by atoms with E-state index < -0.39 is 0 Å². The predicted octanol–water partition coefficient (Wildman–Crippen LogP) is 5.34. The van der Waals surface area contributed by atoms with Gasteiger partial charge in [0.05, 0.1) is 11.4 Å². The summed E-state index contributed by atoms with van der Waals surface area (Å²) >= 11 is 0. The zero-order valence-electron chi connectivity index (χ0n) is 13.0. The van der Waals surface area contributed by atoms with Gasteiger partial charge in [0.25, 0.3) is 0 Å². The number of anilines is 1. The lowest BCUT2D eigenvalue weighted by Crippen LogP contribution is -2.10. The van der Waals surface area contributed by atoms with Gasteiger partial charge in [0, 0.05) is 16.5 Å². The van der Waals surface area contributed by atoms with Crippen LogP contribution in [0, 0.1) is 0 Å². The number of aromatic amines is 1. The molecule has 3 nitrogen and oxygen atoms in total. The van der Waals surface area contributed by atoms with Crippen molar-refractivity contribution in [3.05, 3.63) is 84.4 Å². The van der Waals surface area contributed by atoms with Crippen LogP contribution in [-0.2, 0) is 0 Å². The first-order chi connectivity index (χ1) is 11.9. The Morgan fingerprint density at radius 1 is 0.750 bits per heavy atom. The Kier molecular flexibility index (Phi) is 2.85. The molecule has 0 amide bonds. The number of H-pyrrole nitrogens is 1. The lowest BCUT2D eigenvalue weighted by Gasteiger charge is -2.13. The molecule has 3 aromatic carbocycles. The third kappa shape index (κ3) is 1.98. The lowest BCUT2D eigenvalue weighted by atomic mass is 10.0. The summed E-state index contributed by atoms with van der Waals surface area (Å²) in [7, 11) is 0. The monoisotopic (exact) mass is 312 g/mol. The van der Waals surface area contributed by atoms with Crippen molar-refractivity contribution < 1.29 is 4.74 Å². The molecular weight excluding hydrogens is 296 g/mol. The van der Waals surface area contributed by atoms with Gasteiger partial charge >= 0.3 is 0 Å². The zero-order chi connectivity index (χ0) is 15.9. The fourth-order valence-corrected chi connectivity index (χ4v) is 3.39. The summed E-state index contributed by atoms with van der Waals surface area (Å²) in [5.74, 6) is 0.895. The molecule has 24 heavy (non-hydrogen) atoms. The van der Waals surface area contributed by atoms with Crippen molar-refractivity contribution in [2.24, 2.45) is 0 Å². The molecule has 2 N–H and O–H groups in total. The Balaban J connectivity index is 1.70. The summed E-state index contributed by atoms with van der Waals surface area (Å²) in [5, 5.41) is 4.68. The first-order valence-corrected chi connectivity index (χ1v) is 8.08. The van der Waals surface area contributed by atoms with E-state index >= 15 is 0 Å². The molecule has 0 fully saturated rings. The summed E-state index contributed by atoms with van der Waals surface area (Å²) in [5.41, 5.74) is 5.56. The minimum absolute atomic E-state index is 0.200. The first kappa shape index (κ1) is 13.3. The maximum atomic E-state index is 6.19. The van der Waals surface area contributed by atoms with Crippen LogP contribution in [0.25, 0.3) is 22.2 Å². The van der Waals surface area contributed by atoms with Gasteiger partial charge in [-0.2, -0.15) is 0 Å². The normalized spacial score (nSPS) is 15.8. The van der Waals surface area contributed by atoms with Gasteiger partial charge in [0.1, 0.15) is 5.75 Å². The van der Waals surface area contributed by atoms with Crippen molar-refractivity contribution in [2.75, 3.05) is 5.32 Å². The van der Waals surface area contributed by atoms with E-state index in [1.165, 1.54) is 5.39 Å². The molecule has 0 aliphatic carbocycles. The van der Waals surface area contributed by atoms with Gasteiger partial charge in [-0.05, 0) is 23.8 Å². The second kappa shape index (κ2) is 5.17. The molecule has 0 saturated heterocycles. The summed E-state index contributed by atoms with van der Waals surface area (Å²) in [6, 6.07) is 26.8. The highest BCUT2D eigenvalue weighted by atomic mass is 16.5. The number of fused-ring (bicyclic) bond motifs is 2. The number of rotatable bonds is 2. The van der Waals surface area contributed by atoms with Gasteiger partial charge in [-0.25, -0.2) is 0 Å². The molecule has 0 bridgehead atoms. The number of aromatic nitrogens is 1. The van der Waals surface area contributed by atoms with E-state index in [4.69, 9.17) is 4.74 Å². The molecule has 5 rings (SSSR count). The lowest BCUT2D eigenvalue weighted by molar-refractivity contribution is 0.262. The number of hydrogen-bond acceptors (Lipinski definition) is 2. The Hall–Kier alpha value is -3.20. The molecule has 1 aromatic heterocycles. The molecule has 0 radical (unpaired) electrons. The summed E-state index contributed by atoms with van der Waals surface area (Å²) in [6.07, 6.45) is -0.200. The van der Waals surface area contributed by atoms with E-state index in [0.29, 0.717) is 0 Å². The van der Waals surface area contributed by atoms with E-state index in [2.05, 4.69) is 58.8 Å². The van der Waals surface area contributed by atoms with E-state index in [9.17, 15) is 0 Å². The average molecular weight is 312 g/mol. The Morgan fingerprint density at radius 3 is 2.38 bits per heavy atom. The highest BCUT2D eigenvalue weighted by Crippen LogP contribution is 2.43. The number of hydrogen-bond donors (Lipinski definition) is 2. The number of nitrogens with one attached hydrogen (secondary N) is 2. The second-order valence-electron chi connectivity index (χ2n) is 5.96. The predicted molar refractivity (Wildman–Crippen MR) is 97.2 cm³/mol. The van der Waals surface area contributed by atoms with E-state index in [0.717, 1.165) is 33.8 Å². The van der Waals surface area contributed by atoms with Crippen molar-refractivity contribution in [1.29, 1.82) is 0 Å². The van der Waals surface area contributed by atoms with Crippen LogP contribution in [0.4, 0.5) is 5.69 Å². The van der Waals surface area contributed by atoms with Crippen molar-refractivity contribution >= 4 is 16.6 Å². The van der Waals surface area contributed by atoms with E-state index in [1.807, 2.05) is 30.3 Å². The fourth-order valence-electron chi connectivity index (χ4n) is 3.39. The van der Waals surface area contributed by atoms with Crippen molar-refractivity contribution in [2.45, 2.75) is 6.23 Å². The number of ether oxygens (including phenoxy) is 1. The first-order valence-electron chi connectivity index (χ1n) is 8.08. The van der Waals surface area contributed by atoms with Crippen molar-refractivity contribution in [3.8, 4) is 17.0 Å². The Morgan fingerprint density at radius 2 is 1.50 bits per heavy atom. The van der Waals surface area contributed by atoms with Gasteiger partial charge in [-0.15, -0.1) is 0 Å². The Bertz CT molecular complexity index is 995. The third-order valence-corrected chi connectivity index (χ3v) is 4.49. The average Bonchev–Trinajstić information content (AvgIpc) is 3.23. The minimum Gasteiger partial charge on any atom is -0.464 e. The zero-order valence-corrected chi connectivity index (χ0v) is 13.0. The van der Waals surface area contributed by atoms with E-state index in [-0.39, 0.29) is 6.23 Å². The minimum atomic E-state index is -0.200. The second-order valence-corrected chi connectivity index (χ2v) is 5.96. The van der Waals surface area contributed by atoms with Crippen LogP contribution in [0.5, 0.6) is 5.75 Å². The molecule has 1 unspecified atom stereocenters. The van der Waals surface area contributed by atoms with Crippen LogP contribution in [0.15, 0.2) is 78.9 Å². The largest absolute Gasteiger partial charge is 0.464 e. The number of benzene rings is 3. The Labute approximate surface area is 139 Å². The van der Waals surface area contributed by atoms with Crippen molar-refractivity contribution in [1.82, 2.24) is 4.98 Å². The van der Waals surface area contributed by atoms with Gasteiger partial charge in [0.2, 0.25) is 0 Å². The van der Waals surface area contributed by atoms with Crippen LogP contribution in [0.1, 0.15) is 11.8 Å². The topological polar surface area (TPSA) is 37.0 Å². The molecule has 1 aliphatic rings. The molecule has 1 aliphatic heterocycles.